The standard InChI is InChI=1S/C29H30N4O4/c34-27-29(10-14-36-19-29)30-26(33(27)18-20-16-32(17-20)28(35)31-11-1-2-12-31)22-5-3-21(4-6-22)23-7-8-25-24(15-23)9-13-37-25/h3-9,13,15,20H,1-2,10-12,14,16-19H2. The third-order valence-corrected chi connectivity index (χ3v) is 8.19. The van der Waals surface area contributed by atoms with E-state index in [4.69, 9.17) is 14.1 Å². The first-order valence-electron chi connectivity index (χ1n) is 13.2. The van der Waals surface area contributed by atoms with Crippen LogP contribution >= 0.6 is 0 Å². The first-order chi connectivity index (χ1) is 18.1. The van der Waals surface area contributed by atoms with Crippen LogP contribution in [0.3, 0.4) is 0 Å². The second kappa shape index (κ2) is 8.73. The summed E-state index contributed by atoms with van der Waals surface area (Å²) in [6.45, 7) is 4.54. The number of hydrogen-bond acceptors (Lipinski definition) is 5. The number of hydrogen-bond donors (Lipinski definition) is 0. The Bertz CT molecular complexity index is 1380. The van der Waals surface area contributed by atoms with Crippen LogP contribution in [0.25, 0.3) is 22.1 Å². The topological polar surface area (TPSA) is 78.6 Å². The van der Waals surface area contributed by atoms with Gasteiger partial charge in [-0.1, -0.05) is 30.3 Å². The second-order valence-electron chi connectivity index (χ2n) is 10.7. The van der Waals surface area contributed by atoms with Gasteiger partial charge in [-0.2, -0.15) is 0 Å². The molecular weight excluding hydrogens is 468 g/mol. The zero-order chi connectivity index (χ0) is 25.0. The van der Waals surface area contributed by atoms with Crippen LogP contribution in [0.1, 0.15) is 24.8 Å². The molecule has 0 saturated carbocycles. The third-order valence-electron chi connectivity index (χ3n) is 8.19. The molecule has 0 N–H and O–H groups in total. The molecule has 0 bridgehead atoms. The third kappa shape index (κ3) is 3.82. The van der Waals surface area contributed by atoms with E-state index in [0.717, 1.165) is 59.4 Å². The van der Waals surface area contributed by atoms with E-state index < -0.39 is 5.54 Å². The molecule has 1 unspecified atom stereocenters. The van der Waals surface area contributed by atoms with Crippen LogP contribution in [0.2, 0.25) is 0 Å². The van der Waals surface area contributed by atoms with Gasteiger partial charge >= 0.3 is 6.03 Å². The molecular formula is C29H30N4O4. The van der Waals surface area contributed by atoms with Crippen molar-refractivity contribution in [3.05, 3.63) is 60.4 Å². The maximum absolute atomic E-state index is 13.6. The zero-order valence-electron chi connectivity index (χ0n) is 20.8. The molecule has 8 heteroatoms. The van der Waals surface area contributed by atoms with Gasteiger partial charge in [0.15, 0.2) is 5.54 Å². The lowest BCUT2D eigenvalue weighted by Crippen LogP contribution is -2.58. The van der Waals surface area contributed by atoms with E-state index in [1.807, 2.05) is 39.0 Å². The minimum atomic E-state index is -0.810. The summed E-state index contributed by atoms with van der Waals surface area (Å²) in [6, 6.07) is 16.5. The van der Waals surface area contributed by atoms with Crippen LogP contribution in [0.5, 0.6) is 0 Å². The molecule has 0 radical (unpaired) electrons. The van der Waals surface area contributed by atoms with Crippen molar-refractivity contribution < 1.29 is 18.7 Å². The smallest absolute Gasteiger partial charge is 0.320 e. The highest BCUT2D eigenvalue weighted by Crippen LogP contribution is 2.35. The van der Waals surface area contributed by atoms with Crippen molar-refractivity contribution in [2.45, 2.75) is 24.8 Å². The number of likely N-dealkylation sites (tertiary alicyclic amines) is 2. The molecule has 1 spiro atoms. The van der Waals surface area contributed by atoms with E-state index in [0.29, 0.717) is 39.3 Å². The summed E-state index contributed by atoms with van der Waals surface area (Å²) in [5, 5.41) is 1.07. The van der Waals surface area contributed by atoms with Crippen LogP contribution in [-0.4, -0.2) is 84.0 Å². The second-order valence-corrected chi connectivity index (χ2v) is 10.7. The molecule has 3 aromatic rings. The normalized spacial score (nSPS) is 23.9. The minimum absolute atomic E-state index is 0.0267. The molecule has 190 valence electrons. The van der Waals surface area contributed by atoms with Gasteiger partial charge in [-0.25, -0.2) is 9.79 Å². The maximum Gasteiger partial charge on any atom is 0.320 e. The van der Waals surface area contributed by atoms with Crippen LogP contribution in [-0.2, 0) is 9.53 Å². The van der Waals surface area contributed by atoms with Crippen molar-refractivity contribution in [3.63, 3.8) is 0 Å². The number of rotatable bonds is 4. The van der Waals surface area contributed by atoms with E-state index in [-0.39, 0.29) is 17.9 Å². The fraction of sp³-hybridized carbons (Fsp3) is 0.414. The highest BCUT2D eigenvalue weighted by Gasteiger charge is 2.52. The number of furan rings is 1. The summed E-state index contributed by atoms with van der Waals surface area (Å²) in [4.78, 5) is 37.0. The summed E-state index contributed by atoms with van der Waals surface area (Å²) < 4.78 is 11.1. The number of aliphatic imine (C=N–C) groups is 1. The molecule has 2 aromatic carbocycles. The lowest BCUT2D eigenvalue weighted by atomic mass is 9.96. The van der Waals surface area contributed by atoms with Crippen LogP contribution in [0.15, 0.2) is 64.2 Å². The maximum atomic E-state index is 13.6. The number of amides is 3. The van der Waals surface area contributed by atoms with Gasteiger partial charge in [0.1, 0.15) is 11.4 Å². The molecule has 0 aliphatic carbocycles. The molecule has 8 nitrogen and oxygen atoms in total. The number of urea groups is 1. The summed E-state index contributed by atoms with van der Waals surface area (Å²) in [5.74, 6) is 0.995. The largest absolute Gasteiger partial charge is 0.464 e. The summed E-state index contributed by atoms with van der Waals surface area (Å²) in [6.07, 6.45) is 4.49. The molecule has 1 aromatic heterocycles. The molecule has 7 rings (SSSR count). The predicted octanol–water partition coefficient (Wildman–Crippen LogP) is 4.00. The number of carbonyl (C=O) groups excluding carboxylic acids is 2. The average Bonchev–Trinajstić information content (AvgIpc) is 3.70. The van der Waals surface area contributed by atoms with Crippen LogP contribution in [0.4, 0.5) is 4.79 Å². The average molecular weight is 499 g/mol. The first kappa shape index (κ1) is 22.5. The first-order valence-corrected chi connectivity index (χ1v) is 13.2. The van der Waals surface area contributed by atoms with Crippen molar-refractivity contribution in [3.8, 4) is 11.1 Å². The van der Waals surface area contributed by atoms with Gasteiger partial charge in [0, 0.05) is 62.6 Å². The Kier molecular flexibility index (Phi) is 5.32. The number of ether oxygens (including phenoxy) is 1. The fourth-order valence-corrected chi connectivity index (χ4v) is 6.03. The van der Waals surface area contributed by atoms with Crippen molar-refractivity contribution in [2.75, 3.05) is 45.9 Å². The van der Waals surface area contributed by atoms with E-state index in [1.165, 1.54) is 0 Å². The van der Waals surface area contributed by atoms with E-state index in [9.17, 15) is 9.59 Å². The molecule has 3 saturated heterocycles. The Labute approximate surface area is 215 Å². The van der Waals surface area contributed by atoms with Gasteiger partial charge in [0.05, 0.1) is 12.9 Å². The Morgan fingerprint density at radius 3 is 2.49 bits per heavy atom. The number of fused-ring (bicyclic) bond motifs is 1. The van der Waals surface area contributed by atoms with E-state index in [2.05, 4.69) is 24.3 Å². The van der Waals surface area contributed by atoms with Gasteiger partial charge in [-0.15, -0.1) is 0 Å². The predicted molar refractivity (Wildman–Crippen MR) is 139 cm³/mol. The van der Waals surface area contributed by atoms with E-state index >= 15 is 0 Å². The van der Waals surface area contributed by atoms with Crippen molar-refractivity contribution in [1.29, 1.82) is 0 Å². The number of carbonyl (C=O) groups is 2. The minimum Gasteiger partial charge on any atom is -0.464 e. The van der Waals surface area contributed by atoms with Gasteiger partial charge in [0.2, 0.25) is 0 Å². The van der Waals surface area contributed by atoms with Gasteiger partial charge in [0.25, 0.3) is 5.91 Å². The van der Waals surface area contributed by atoms with Crippen molar-refractivity contribution in [2.24, 2.45) is 10.9 Å². The zero-order valence-corrected chi connectivity index (χ0v) is 20.8. The Morgan fingerprint density at radius 2 is 1.73 bits per heavy atom. The number of benzene rings is 2. The van der Waals surface area contributed by atoms with Crippen molar-refractivity contribution >= 4 is 28.7 Å². The van der Waals surface area contributed by atoms with Crippen LogP contribution < -0.4 is 0 Å². The van der Waals surface area contributed by atoms with Crippen molar-refractivity contribution in [1.82, 2.24) is 14.7 Å². The quantitative estimate of drug-likeness (QED) is 0.545. The number of amidine groups is 1. The molecule has 5 heterocycles. The van der Waals surface area contributed by atoms with Gasteiger partial charge < -0.3 is 19.0 Å². The summed E-state index contributed by atoms with van der Waals surface area (Å²) in [5.41, 5.74) is 3.19. The van der Waals surface area contributed by atoms with Crippen LogP contribution in [0, 0.1) is 5.92 Å². The van der Waals surface area contributed by atoms with E-state index in [1.54, 1.807) is 6.26 Å². The lowest BCUT2D eigenvalue weighted by Gasteiger charge is -2.42. The molecule has 1 atom stereocenters. The van der Waals surface area contributed by atoms with Gasteiger partial charge in [-0.05, 0) is 42.2 Å². The highest BCUT2D eigenvalue weighted by molar-refractivity contribution is 6.15. The van der Waals surface area contributed by atoms with Gasteiger partial charge in [-0.3, -0.25) is 9.69 Å². The molecule has 4 aliphatic heterocycles. The molecule has 4 aliphatic rings. The fourth-order valence-electron chi connectivity index (χ4n) is 6.03. The summed E-state index contributed by atoms with van der Waals surface area (Å²) in [7, 11) is 0. The Balaban J connectivity index is 1.11. The lowest BCUT2D eigenvalue weighted by molar-refractivity contribution is -0.132. The summed E-state index contributed by atoms with van der Waals surface area (Å²) >= 11 is 0. The SMILES string of the molecule is O=C(N1CCCC1)N1CC(CN2C(=O)C3(CCOC3)N=C2c2ccc(-c3ccc4occc4c3)cc2)C1. The Hall–Kier alpha value is -3.65. The number of nitrogens with zero attached hydrogens (tertiary/aromatic N) is 4. The molecule has 3 amide bonds. The molecule has 3 fully saturated rings. The monoisotopic (exact) mass is 498 g/mol. The Morgan fingerprint density at radius 1 is 0.973 bits per heavy atom. The molecule has 37 heavy (non-hydrogen) atoms. The highest BCUT2D eigenvalue weighted by atomic mass is 16.5.